The molecule has 0 amide bonds. The first kappa shape index (κ1) is 21.5. The molecule has 8 aromatic rings. The average Bonchev–Trinajstić information content (AvgIpc) is 3.36. The van der Waals surface area contributed by atoms with Gasteiger partial charge in [-0.3, -0.25) is 0 Å². The summed E-state index contributed by atoms with van der Waals surface area (Å²) >= 11 is 1.87. The highest BCUT2D eigenvalue weighted by Gasteiger charge is 2.15. The minimum Gasteiger partial charge on any atom is -0.249 e. The maximum atomic E-state index is 5.24. The summed E-state index contributed by atoms with van der Waals surface area (Å²) in [6, 6.07) is 41.1. The van der Waals surface area contributed by atoms with Crippen LogP contribution in [0.4, 0.5) is 0 Å². The van der Waals surface area contributed by atoms with Crippen LogP contribution in [0.15, 0.2) is 115 Å². The summed E-state index contributed by atoms with van der Waals surface area (Å²) in [4.78, 5) is 10.4. The summed E-state index contributed by atoms with van der Waals surface area (Å²) in [6.45, 7) is 2.07. The Kier molecular flexibility index (Phi) is 4.64. The molecule has 0 aliphatic heterocycles. The lowest BCUT2D eigenvalue weighted by atomic mass is 9.98. The van der Waals surface area contributed by atoms with Gasteiger partial charge in [-0.05, 0) is 34.9 Å². The molecule has 0 saturated heterocycles. The van der Waals surface area contributed by atoms with Crippen molar-refractivity contribution in [2.75, 3.05) is 0 Å². The summed E-state index contributed by atoms with van der Waals surface area (Å²) in [5.74, 6) is 0. The van der Waals surface area contributed by atoms with E-state index in [-0.39, 0.29) is 0 Å². The maximum absolute atomic E-state index is 5.24. The maximum Gasteiger partial charge on any atom is 0.0979 e. The number of hydrogen-bond donors (Lipinski definition) is 0. The topological polar surface area (TPSA) is 25.8 Å². The van der Waals surface area contributed by atoms with E-state index in [1.807, 2.05) is 11.3 Å². The third-order valence-electron chi connectivity index (χ3n) is 7.60. The Morgan fingerprint density at radius 3 is 1.74 bits per heavy atom. The van der Waals surface area contributed by atoms with Crippen molar-refractivity contribution in [2.24, 2.45) is 0 Å². The van der Waals surface area contributed by atoms with Crippen LogP contribution in [0, 0.1) is 6.92 Å². The minimum atomic E-state index is 0.935. The zero-order valence-corrected chi connectivity index (χ0v) is 21.6. The van der Waals surface area contributed by atoms with E-state index >= 15 is 0 Å². The number of benzene rings is 6. The molecule has 0 N–H and O–H groups in total. The monoisotopic (exact) mass is 502 g/mol. The van der Waals surface area contributed by atoms with Crippen molar-refractivity contribution in [2.45, 2.75) is 6.92 Å². The fourth-order valence-electron chi connectivity index (χ4n) is 5.80. The van der Waals surface area contributed by atoms with Gasteiger partial charge in [0.05, 0.1) is 22.4 Å². The highest BCUT2D eigenvalue weighted by molar-refractivity contribution is 7.26. The first-order valence-electron chi connectivity index (χ1n) is 12.9. The number of hydrogen-bond acceptors (Lipinski definition) is 3. The van der Waals surface area contributed by atoms with Gasteiger partial charge in [-0.25, -0.2) is 9.97 Å². The zero-order chi connectivity index (χ0) is 25.2. The molecule has 0 bridgehead atoms. The highest BCUT2D eigenvalue weighted by Crippen LogP contribution is 2.40. The molecule has 2 nitrogen and oxygen atoms in total. The number of nitrogens with zero attached hydrogens (tertiary/aromatic N) is 2. The van der Waals surface area contributed by atoms with E-state index < -0.39 is 0 Å². The van der Waals surface area contributed by atoms with Crippen molar-refractivity contribution in [1.82, 2.24) is 9.97 Å². The molecule has 0 atom stereocenters. The van der Waals surface area contributed by atoms with Crippen molar-refractivity contribution < 1.29 is 0 Å². The quantitative estimate of drug-likeness (QED) is 0.220. The number of fused-ring (bicyclic) bond motifs is 9. The summed E-state index contributed by atoms with van der Waals surface area (Å²) < 4.78 is 2.66. The van der Waals surface area contributed by atoms with Gasteiger partial charge in [-0.2, -0.15) is 0 Å². The van der Waals surface area contributed by atoms with Crippen molar-refractivity contribution in [3.8, 4) is 22.4 Å². The number of rotatable bonds is 2. The molecule has 2 aromatic heterocycles. The van der Waals surface area contributed by atoms with E-state index in [9.17, 15) is 0 Å². The Balaban J connectivity index is 1.30. The molecule has 38 heavy (non-hydrogen) atoms. The van der Waals surface area contributed by atoms with Crippen LogP contribution in [0.5, 0.6) is 0 Å². The lowest BCUT2D eigenvalue weighted by Crippen LogP contribution is -1.96. The highest BCUT2D eigenvalue weighted by atomic mass is 32.1. The molecule has 0 aliphatic carbocycles. The second-order valence-electron chi connectivity index (χ2n) is 9.80. The Bertz CT molecular complexity index is 2190. The fourth-order valence-corrected chi connectivity index (χ4v) is 7.04. The lowest BCUT2D eigenvalue weighted by molar-refractivity contribution is 1.20. The Labute approximate surface area is 223 Å². The van der Waals surface area contributed by atoms with E-state index in [1.54, 1.807) is 0 Å². The Hall–Kier alpha value is -4.60. The Morgan fingerprint density at radius 1 is 0.474 bits per heavy atom. The summed E-state index contributed by atoms with van der Waals surface area (Å²) in [6.07, 6.45) is 0. The smallest absolute Gasteiger partial charge is 0.0979 e. The molecule has 0 fully saturated rings. The second-order valence-corrected chi connectivity index (χ2v) is 10.9. The molecule has 0 saturated carbocycles. The van der Waals surface area contributed by atoms with Gasteiger partial charge in [0.25, 0.3) is 0 Å². The fraction of sp³-hybridized carbons (Fsp3) is 0.0286. The van der Waals surface area contributed by atoms with Gasteiger partial charge < -0.3 is 0 Å². The van der Waals surface area contributed by atoms with E-state index in [2.05, 4.69) is 122 Å². The largest absolute Gasteiger partial charge is 0.249 e. The standard InChI is InChI=1S/C35H22N2S/c1-21-32(37-34-29-13-5-3-10-26(29)25-9-2-4-12-28(25)33(34)36-21)23-19-17-22(18-20-23)24-14-8-15-30-27-11-6-7-16-31(27)38-35(24)30/h2-20H,1H3. The van der Waals surface area contributed by atoms with Crippen LogP contribution in [0.1, 0.15) is 5.69 Å². The molecule has 6 aromatic carbocycles. The van der Waals surface area contributed by atoms with Gasteiger partial charge in [0.2, 0.25) is 0 Å². The number of aryl methyl sites for hydroxylation is 1. The zero-order valence-electron chi connectivity index (χ0n) is 20.8. The predicted molar refractivity (Wildman–Crippen MR) is 163 cm³/mol. The van der Waals surface area contributed by atoms with Crippen LogP contribution in [0.2, 0.25) is 0 Å². The molecule has 0 radical (unpaired) electrons. The third-order valence-corrected chi connectivity index (χ3v) is 8.82. The van der Waals surface area contributed by atoms with Gasteiger partial charge in [0.15, 0.2) is 0 Å². The summed E-state index contributed by atoms with van der Waals surface area (Å²) in [7, 11) is 0. The first-order chi connectivity index (χ1) is 18.8. The van der Waals surface area contributed by atoms with Crippen LogP contribution >= 0.6 is 11.3 Å². The minimum absolute atomic E-state index is 0.935. The van der Waals surface area contributed by atoms with E-state index in [4.69, 9.17) is 9.97 Å². The molecular weight excluding hydrogens is 480 g/mol. The second kappa shape index (κ2) is 8.20. The van der Waals surface area contributed by atoms with Crippen molar-refractivity contribution in [3.63, 3.8) is 0 Å². The third kappa shape index (κ3) is 3.12. The summed E-state index contributed by atoms with van der Waals surface area (Å²) in [5.41, 5.74) is 7.37. The van der Waals surface area contributed by atoms with Gasteiger partial charge in [-0.15, -0.1) is 11.3 Å². The normalized spacial score (nSPS) is 11.8. The summed E-state index contributed by atoms with van der Waals surface area (Å²) in [5, 5.41) is 7.37. The molecule has 0 spiro atoms. The van der Waals surface area contributed by atoms with Crippen molar-refractivity contribution >= 4 is 64.1 Å². The van der Waals surface area contributed by atoms with Crippen molar-refractivity contribution in [3.05, 3.63) is 121 Å². The van der Waals surface area contributed by atoms with Gasteiger partial charge in [0, 0.05) is 36.5 Å². The van der Waals surface area contributed by atoms with Gasteiger partial charge in [0.1, 0.15) is 0 Å². The SMILES string of the molecule is Cc1nc2c3ccccc3c3ccccc3c2nc1-c1ccc(-c2cccc3c2sc2ccccc23)cc1. The molecule has 2 heterocycles. The van der Waals surface area contributed by atoms with E-state index in [1.165, 1.54) is 42.1 Å². The molecule has 178 valence electrons. The first-order valence-corrected chi connectivity index (χ1v) is 13.7. The van der Waals surface area contributed by atoms with Crippen LogP contribution < -0.4 is 0 Å². The van der Waals surface area contributed by atoms with Gasteiger partial charge in [-0.1, -0.05) is 109 Å². The molecule has 3 heteroatoms. The van der Waals surface area contributed by atoms with Gasteiger partial charge >= 0.3 is 0 Å². The molecule has 0 aliphatic rings. The van der Waals surface area contributed by atoms with E-state index in [0.29, 0.717) is 0 Å². The predicted octanol–water partition coefficient (Wildman–Crippen LogP) is 9.95. The van der Waals surface area contributed by atoms with Crippen LogP contribution in [-0.4, -0.2) is 9.97 Å². The lowest BCUT2D eigenvalue weighted by Gasteiger charge is -2.13. The molecule has 0 unspecified atom stereocenters. The van der Waals surface area contributed by atoms with Crippen LogP contribution in [0.3, 0.4) is 0 Å². The molecular formula is C35H22N2S. The Morgan fingerprint density at radius 2 is 1.03 bits per heavy atom. The van der Waals surface area contributed by atoms with Crippen LogP contribution in [-0.2, 0) is 0 Å². The van der Waals surface area contributed by atoms with Crippen LogP contribution in [0.25, 0.3) is 75.1 Å². The molecule has 8 rings (SSSR count). The average molecular weight is 503 g/mol. The number of aromatic nitrogens is 2. The van der Waals surface area contributed by atoms with E-state index in [0.717, 1.165) is 38.8 Å². The van der Waals surface area contributed by atoms with Crippen molar-refractivity contribution in [1.29, 1.82) is 0 Å². The number of thiophene rings is 1.